The van der Waals surface area contributed by atoms with Gasteiger partial charge in [0.1, 0.15) is 5.75 Å². The maximum atomic E-state index is 12.1. The number of benzene rings is 1. The number of carbonyl (C=O) groups is 1. The van der Waals surface area contributed by atoms with Gasteiger partial charge in [-0.05, 0) is 38.1 Å². The molecule has 0 saturated carbocycles. The zero-order valence-corrected chi connectivity index (χ0v) is 12.2. The third-order valence-corrected chi connectivity index (χ3v) is 3.44. The summed E-state index contributed by atoms with van der Waals surface area (Å²) in [7, 11) is 3.50. The molecule has 1 aromatic heterocycles. The Morgan fingerprint density at radius 1 is 1.30 bits per heavy atom. The standard InChI is InChI=1S/C15H19N3O2/c1-10-14(11(2)18(3)17-10)9-16-15(19)12-5-7-13(20-4)8-6-12/h5-8H,9H2,1-4H3,(H,16,19). The minimum absolute atomic E-state index is 0.102. The van der Waals surface area contributed by atoms with Crippen LogP contribution >= 0.6 is 0 Å². The average Bonchev–Trinajstić information content (AvgIpc) is 2.70. The minimum Gasteiger partial charge on any atom is -0.497 e. The van der Waals surface area contributed by atoms with E-state index in [1.165, 1.54) is 0 Å². The Balaban J connectivity index is 2.04. The van der Waals surface area contributed by atoms with Gasteiger partial charge in [0, 0.05) is 30.4 Å². The molecule has 5 nitrogen and oxygen atoms in total. The molecule has 0 aliphatic rings. The van der Waals surface area contributed by atoms with Crippen LogP contribution in [0.5, 0.6) is 5.75 Å². The van der Waals surface area contributed by atoms with Gasteiger partial charge in [-0.15, -0.1) is 0 Å². The van der Waals surface area contributed by atoms with Gasteiger partial charge in [0.05, 0.1) is 12.8 Å². The number of methoxy groups -OCH3 is 1. The van der Waals surface area contributed by atoms with E-state index in [0.717, 1.165) is 22.7 Å². The molecule has 0 atom stereocenters. The van der Waals surface area contributed by atoms with Crippen molar-refractivity contribution < 1.29 is 9.53 Å². The average molecular weight is 273 g/mol. The fraction of sp³-hybridized carbons (Fsp3) is 0.333. The number of carbonyl (C=O) groups excluding carboxylic acids is 1. The van der Waals surface area contributed by atoms with Crippen molar-refractivity contribution in [3.8, 4) is 5.75 Å². The first kappa shape index (κ1) is 14.1. The summed E-state index contributed by atoms with van der Waals surface area (Å²) in [5, 5.41) is 7.25. The Bertz CT molecular complexity index is 615. The normalized spacial score (nSPS) is 10.4. The second kappa shape index (κ2) is 5.77. The predicted octanol–water partition coefficient (Wildman–Crippen LogP) is 1.98. The predicted molar refractivity (Wildman–Crippen MR) is 76.8 cm³/mol. The van der Waals surface area contributed by atoms with Crippen molar-refractivity contribution in [2.75, 3.05) is 7.11 Å². The molecule has 1 aromatic carbocycles. The van der Waals surface area contributed by atoms with Gasteiger partial charge in [0.2, 0.25) is 0 Å². The second-order valence-electron chi connectivity index (χ2n) is 4.68. The number of hydrogen-bond donors (Lipinski definition) is 1. The van der Waals surface area contributed by atoms with Gasteiger partial charge in [-0.2, -0.15) is 5.10 Å². The highest BCUT2D eigenvalue weighted by atomic mass is 16.5. The Morgan fingerprint density at radius 3 is 2.45 bits per heavy atom. The molecule has 5 heteroatoms. The lowest BCUT2D eigenvalue weighted by atomic mass is 10.1. The fourth-order valence-corrected chi connectivity index (χ4v) is 2.09. The van der Waals surface area contributed by atoms with E-state index in [0.29, 0.717) is 12.1 Å². The van der Waals surface area contributed by atoms with Crippen LogP contribution in [0.15, 0.2) is 24.3 Å². The Hall–Kier alpha value is -2.30. The van der Waals surface area contributed by atoms with Gasteiger partial charge < -0.3 is 10.1 Å². The minimum atomic E-state index is -0.102. The summed E-state index contributed by atoms with van der Waals surface area (Å²) in [5.74, 6) is 0.635. The van der Waals surface area contributed by atoms with Gasteiger partial charge in [-0.25, -0.2) is 0 Å². The largest absolute Gasteiger partial charge is 0.497 e. The molecule has 0 spiro atoms. The van der Waals surface area contributed by atoms with Crippen molar-refractivity contribution in [1.29, 1.82) is 0 Å². The topological polar surface area (TPSA) is 56.1 Å². The lowest BCUT2D eigenvalue weighted by Gasteiger charge is -2.06. The smallest absolute Gasteiger partial charge is 0.251 e. The third kappa shape index (κ3) is 2.82. The highest BCUT2D eigenvalue weighted by Crippen LogP contribution is 2.13. The summed E-state index contributed by atoms with van der Waals surface area (Å²) in [6.07, 6.45) is 0. The molecule has 2 aromatic rings. The first-order valence-corrected chi connectivity index (χ1v) is 6.44. The van der Waals surface area contributed by atoms with E-state index in [1.54, 1.807) is 31.4 Å². The van der Waals surface area contributed by atoms with E-state index < -0.39 is 0 Å². The van der Waals surface area contributed by atoms with Crippen molar-refractivity contribution in [2.45, 2.75) is 20.4 Å². The molecular weight excluding hydrogens is 254 g/mol. The Morgan fingerprint density at radius 2 is 1.95 bits per heavy atom. The van der Waals surface area contributed by atoms with Gasteiger partial charge in [-0.1, -0.05) is 0 Å². The van der Waals surface area contributed by atoms with Crippen molar-refractivity contribution >= 4 is 5.91 Å². The molecule has 0 aliphatic carbocycles. The number of rotatable bonds is 4. The van der Waals surface area contributed by atoms with Crippen LogP contribution in [0, 0.1) is 13.8 Å². The molecule has 20 heavy (non-hydrogen) atoms. The Labute approximate surface area is 118 Å². The van der Waals surface area contributed by atoms with E-state index in [1.807, 2.05) is 25.6 Å². The van der Waals surface area contributed by atoms with Crippen LogP contribution in [0.25, 0.3) is 0 Å². The van der Waals surface area contributed by atoms with Crippen molar-refractivity contribution in [2.24, 2.45) is 7.05 Å². The van der Waals surface area contributed by atoms with Crippen molar-refractivity contribution in [3.05, 3.63) is 46.8 Å². The monoisotopic (exact) mass is 273 g/mol. The van der Waals surface area contributed by atoms with Crippen molar-refractivity contribution in [3.63, 3.8) is 0 Å². The van der Waals surface area contributed by atoms with Crippen LogP contribution in [-0.4, -0.2) is 22.8 Å². The summed E-state index contributed by atoms with van der Waals surface area (Å²) >= 11 is 0. The summed E-state index contributed by atoms with van der Waals surface area (Å²) in [6.45, 7) is 4.42. The van der Waals surface area contributed by atoms with Crippen LogP contribution in [-0.2, 0) is 13.6 Å². The summed E-state index contributed by atoms with van der Waals surface area (Å²) < 4.78 is 6.89. The maximum Gasteiger partial charge on any atom is 0.251 e. The molecule has 0 radical (unpaired) electrons. The molecule has 0 fully saturated rings. The number of aromatic nitrogens is 2. The summed E-state index contributed by atoms with van der Waals surface area (Å²) in [6, 6.07) is 7.04. The number of aryl methyl sites for hydroxylation is 2. The summed E-state index contributed by atoms with van der Waals surface area (Å²) in [4.78, 5) is 12.1. The van der Waals surface area contributed by atoms with Crippen LogP contribution in [0.3, 0.4) is 0 Å². The van der Waals surface area contributed by atoms with Gasteiger partial charge in [0.25, 0.3) is 5.91 Å². The molecule has 106 valence electrons. The number of amides is 1. The van der Waals surface area contributed by atoms with E-state index in [9.17, 15) is 4.79 Å². The lowest BCUT2D eigenvalue weighted by molar-refractivity contribution is 0.0951. The first-order valence-electron chi connectivity index (χ1n) is 6.44. The highest BCUT2D eigenvalue weighted by molar-refractivity contribution is 5.94. The van der Waals surface area contributed by atoms with Gasteiger partial charge >= 0.3 is 0 Å². The molecule has 1 heterocycles. The number of nitrogens with one attached hydrogen (secondary N) is 1. The SMILES string of the molecule is COc1ccc(C(=O)NCc2c(C)nn(C)c2C)cc1. The maximum absolute atomic E-state index is 12.1. The molecule has 0 aliphatic heterocycles. The van der Waals surface area contributed by atoms with Gasteiger partial charge in [-0.3, -0.25) is 9.48 Å². The van der Waals surface area contributed by atoms with E-state index in [2.05, 4.69) is 10.4 Å². The van der Waals surface area contributed by atoms with E-state index >= 15 is 0 Å². The third-order valence-electron chi connectivity index (χ3n) is 3.44. The first-order chi connectivity index (χ1) is 9.52. The quantitative estimate of drug-likeness (QED) is 0.926. The van der Waals surface area contributed by atoms with Crippen molar-refractivity contribution in [1.82, 2.24) is 15.1 Å². The molecule has 1 N–H and O–H groups in total. The lowest BCUT2D eigenvalue weighted by Crippen LogP contribution is -2.23. The number of ether oxygens (including phenoxy) is 1. The van der Waals surface area contributed by atoms with E-state index in [-0.39, 0.29) is 5.91 Å². The van der Waals surface area contributed by atoms with Crippen LogP contribution in [0.4, 0.5) is 0 Å². The molecule has 0 unspecified atom stereocenters. The van der Waals surface area contributed by atoms with Gasteiger partial charge in [0.15, 0.2) is 0 Å². The zero-order chi connectivity index (χ0) is 14.7. The Kier molecular flexibility index (Phi) is 4.08. The number of hydrogen-bond acceptors (Lipinski definition) is 3. The highest BCUT2D eigenvalue weighted by Gasteiger charge is 2.11. The van der Waals surface area contributed by atoms with Crippen LogP contribution in [0.2, 0.25) is 0 Å². The molecule has 2 rings (SSSR count). The van der Waals surface area contributed by atoms with E-state index in [4.69, 9.17) is 4.74 Å². The molecule has 1 amide bonds. The van der Waals surface area contributed by atoms with Crippen LogP contribution < -0.4 is 10.1 Å². The second-order valence-corrected chi connectivity index (χ2v) is 4.68. The summed E-state index contributed by atoms with van der Waals surface area (Å²) in [5.41, 5.74) is 3.69. The zero-order valence-electron chi connectivity index (χ0n) is 12.2. The van der Waals surface area contributed by atoms with Crippen LogP contribution in [0.1, 0.15) is 27.3 Å². The number of nitrogens with zero attached hydrogens (tertiary/aromatic N) is 2. The molecular formula is C15H19N3O2. The fourth-order valence-electron chi connectivity index (χ4n) is 2.09. The molecule has 0 bridgehead atoms. The molecule has 0 saturated heterocycles.